The van der Waals surface area contributed by atoms with Crippen LogP contribution in [0.5, 0.6) is 0 Å². The standard InChI is InChI=1S/C14H13B5N2/c15-10-9(11(16)13(18)14(19)12(10)17)8-2-6(4-20)1-7(3-8)5-21/h1-3H,15-19H2. The molecule has 7 heteroatoms. The smallest absolute Gasteiger partial charge is 0.139 e. The molecule has 2 nitrogen and oxygen atoms in total. The number of nitrogens with zero attached hydrogens (tertiary/aromatic N) is 2. The zero-order valence-electron chi connectivity index (χ0n) is 13.1. The van der Waals surface area contributed by atoms with Crippen molar-refractivity contribution in [2.45, 2.75) is 0 Å². The highest BCUT2D eigenvalue weighted by atomic mass is 14.3. The molecule has 0 aliphatic rings. The lowest BCUT2D eigenvalue weighted by molar-refractivity contribution is 1.45. The molecule has 21 heavy (non-hydrogen) atoms. The molecule has 0 heterocycles. The number of rotatable bonds is 1. The van der Waals surface area contributed by atoms with Crippen molar-refractivity contribution in [2.75, 3.05) is 0 Å². The third-order valence-electron chi connectivity index (χ3n) is 4.48. The van der Waals surface area contributed by atoms with Gasteiger partial charge in [-0.05, 0) is 29.3 Å². The molecule has 0 N–H and O–H groups in total. The molecule has 0 atom stereocenters. The minimum absolute atomic E-state index is 0.527. The molecule has 0 unspecified atom stereocenters. The molecular formula is C14H13B5N2. The Morgan fingerprint density at radius 3 is 1.38 bits per heavy atom. The molecule has 94 valence electrons. The lowest BCUT2D eigenvalue weighted by Gasteiger charge is -2.20. The maximum Gasteiger partial charge on any atom is 0.139 e. The van der Waals surface area contributed by atoms with Gasteiger partial charge in [0.1, 0.15) is 39.2 Å². The lowest BCUT2D eigenvalue weighted by Crippen LogP contribution is -2.55. The van der Waals surface area contributed by atoms with E-state index in [4.69, 9.17) is 10.5 Å². The van der Waals surface area contributed by atoms with E-state index in [1.54, 1.807) is 6.07 Å². The second-order valence-electron chi connectivity index (χ2n) is 5.52. The van der Waals surface area contributed by atoms with Gasteiger partial charge in [-0.1, -0.05) is 10.9 Å². The average molecular weight is 263 g/mol. The number of hydrogen-bond donors (Lipinski definition) is 0. The molecule has 0 saturated heterocycles. The quantitative estimate of drug-likeness (QED) is 0.482. The van der Waals surface area contributed by atoms with Crippen molar-refractivity contribution in [3.05, 3.63) is 29.3 Å². The Labute approximate surface area is 130 Å². The molecule has 0 fully saturated rings. The minimum Gasteiger partial charge on any atom is -0.192 e. The second-order valence-corrected chi connectivity index (χ2v) is 5.52. The zero-order chi connectivity index (χ0) is 15.7. The van der Waals surface area contributed by atoms with Crippen LogP contribution in [-0.2, 0) is 0 Å². The van der Waals surface area contributed by atoms with E-state index in [2.05, 4.69) is 51.4 Å². The average Bonchev–Trinajstić information content (AvgIpc) is 2.50. The van der Waals surface area contributed by atoms with Gasteiger partial charge >= 0.3 is 0 Å². The van der Waals surface area contributed by atoms with Crippen LogP contribution in [-0.4, -0.2) is 39.2 Å². The fraction of sp³-hybridized carbons (Fsp3) is 0. The van der Waals surface area contributed by atoms with Gasteiger partial charge in [0.05, 0.1) is 23.3 Å². The van der Waals surface area contributed by atoms with Gasteiger partial charge in [0, 0.05) is 0 Å². The Morgan fingerprint density at radius 1 is 0.619 bits per heavy atom. The monoisotopic (exact) mass is 264 g/mol. The molecule has 0 aliphatic carbocycles. The topological polar surface area (TPSA) is 47.6 Å². The second kappa shape index (κ2) is 5.62. The van der Waals surface area contributed by atoms with E-state index in [1.807, 2.05) is 12.1 Å². The van der Waals surface area contributed by atoms with Gasteiger partial charge in [-0.2, -0.15) is 10.5 Å². The Kier molecular flexibility index (Phi) is 4.05. The molecule has 0 aromatic heterocycles. The van der Waals surface area contributed by atoms with Crippen molar-refractivity contribution in [3.63, 3.8) is 0 Å². The van der Waals surface area contributed by atoms with E-state index in [1.165, 1.54) is 27.3 Å². The van der Waals surface area contributed by atoms with Crippen molar-refractivity contribution in [1.82, 2.24) is 0 Å². The fourth-order valence-electron chi connectivity index (χ4n) is 2.83. The summed E-state index contributed by atoms with van der Waals surface area (Å²) in [6, 6.07) is 9.64. The largest absolute Gasteiger partial charge is 0.192 e. The van der Waals surface area contributed by atoms with Gasteiger partial charge in [-0.15, -0.1) is 16.4 Å². The molecule has 0 amide bonds. The van der Waals surface area contributed by atoms with Crippen molar-refractivity contribution >= 4 is 66.5 Å². The summed E-state index contributed by atoms with van der Waals surface area (Å²) < 4.78 is 0. The summed E-state index contributed by atoms with van der Waals surface area (Å²) in [4.78, 5) is 0. The summed E-state index contributed by atoms with van der Waals surface area (Å²) in [5.74, 6) is 0. The summed E-state index contributed by atoms with van der Waals surface area (Å²) in [6.45, 7) is 0. The Balaban J connectivity index is 2.86. The van der Waals surface area contributed by atoms with Gasteiger partial charge in [0.25, 0.3) is 0 Å². The van der Waals surface area contributed by atoms with Crippen molar-refractivity contribution in [3.8, 4) is 23.3 Å². The minimum atomic E-state index is 0.527. The number of nitriles is 2. The van der Waals surface area contributed by atoms with E-state index in [0.29, 0.717) is 11.1 Å². The Morgan fingerprint density at radius 2 is 1.00 bits per heavy atom. The number of hydrogen-bond acceptors (Lipinski definition) is 2. The fourth-order valence-corrected chi connectivity index (χ4v) is 2.83. The molecule has 2 aromatic carbocycles. The van der Waals surface area contributed by atoms with Gasteiger partial charge in [0.15, 0.2) is 0 Å². The van der Waals surface area contributed by atoms with E-state index in [0.717, 1.165) is 11.1 Å². The van der Waals surface area contributed by atoms with E-state index in [-0.39, 0.29) is 0 Å². The van der Waals surface area contributed by atoms with Gasteiger partial charge in [0.2, 0.25) is 0 Å². The van der Waals surface area contributed by atoms with Crippen molar-refractivity contribution in [2.24, 2.45) is 0 Å². The third-order valence-corrected chi connectivity index (χ3v) is 4.48. The van der Waals surface area contributed by atoms with Crippen LogP contribution in [0, 0.1) is 22.7 Å². The van der Waals surface area contributed by atoms with Crippen LogP contribution in [0.3, 0.4) is 0 Å². The first-order valence-electron chi connectivity index (χ1n) is 6.93. The molecule has 2 aromatic rings. The Hall–Kier alpha value is -2.26. The first-order valence-corrected chi connectivity index (χ1v) is 6.93. The highest BCUT2D eigenvalue weighted by Gasteiger charge is 2.14. The summed E-state index contributed by atoms with van der Waals surface area (Å²) >= 11 is 0. The molecule has 0 saturated carbocycles. The van der Waals surface area contributed by atoms with Crippen LogP contribution >= 0.6 is 0 Å². The maximum atomic E-state index is 9.16. The lowest BCUT2D eigenvalue weighted by atomic mass is 9.59. The molecule has 2 rings (SSSR count). The molecule has 0 spiro atoms. The maximum absolute atomic E-state index is 9.16. The predicted octanol–water partition coefficient (Wildman–Crippen LogP) is -5.61. The summed E-state index contributed by atoms with van der Waals surface area (Å²) in [5, 5.41) is 18.3. The predicted molar refractivity (Wildman–Crippen MR) is 102 cm³/mol. The SMILES string of the molecule is Bc1c(B)c(B)c(-c2cc(C#N)cc(C#N)c2)c(B)c1B. The van der Waals surface area contributed by atoms with E-state index in [9.17, 15) is 0 Å². The van der Waals surface area contributed by atoms with Crippen molar-refractivity contribution in [1.29, 1.82) is 10.5 Å². The molecule has 0 radical (unpaired) electrons. The van der Waals surface area contributed by atoms with Crippen LogP contribution in [0.1, 0.15) is 11.1 Å². The summed E-state index contributed by atoms with van der Waals surface area (Å²) in [6.07, 6.45) is 0. The first-order chi connectivity index (χ1) is 9.90. The summed E-state index contributed by atoms with van der Waals surface area (Å²) in [5.41, 5.74) is 9.44. The number of benzene rings is 2. The van der Waals surface area contributed by atoms with Gasteiger partial charge in [-0.3, -0.25) is 0 Å². The summed E-state index contributed by atoms with van der Waals surface area (Å²) in [7, 11) is 10.6. The Bertz CT molecular complexity index is 769. The zero-order valence-corrected chi connectivity index (χ0v) is 13.1. The van der Waals surface area contributed by atoms with E-state index < -0.39 is 0 Å². The molecular weight excluding hydrogens is 250 g/mol. The van der Waals surface area contributed by atoms with Crippen LogP contribution < -0.4 is 27.3 Å². The third kappa shape index (κ3) is 2.52. The highest BCUT2D eigenvalue weighted by Crippen LogP contribution is 2.18. The van der Waals surface area contributed by atoms with Gasteiger partial charge in [-0.25, -0.2) is 0 Å². The normalized spacial score (nSPS) is 9.81. The van der Waals surface area contributed by atoms with Crippen LogP contribution in [0.2, 0.25) is 0 Å². The van der Waals surface area contributed by atoms with Crippen LogP contribution in [0.15, 0.2) is 18.2 Å². The van der Waals surface area contributed by atoms with Crippen LogP contribution in [0.25, 0.3) is 11.1 Å². The molecule has 0 bridgehead atoms. The van der Waals surface area contributed by atoms with Crippen molar-refractivity contribution < 1.29 is 0 Å². The molecule has 0 aliphatic heterocycles. The van der Waals surface area contributed by atoms with Gasteiger partial charge < -0.3 is 0 Å². The van der Waals surface area contributed by atoms with E-state index >= 15 is 0 Å². The highest BCUT2D eigenvalue weighted by molar-refractivity contribution is 6.68. The van der Waals surface area contributed by atoms with Crippen LogP contribution in [0.4, 0.5) is 0 Å². The first kappa shape index (κ1) is 15.1.